The molecule has 0 amide bonds. The highest BCUT2D eigenvalue weighted by atomic mass is 16.1. The van der Waals surface area contributed by atoms with E-state index < -0.39 is 0 Å². The average molecular weight is 311 g/mol. The van der Waals surface area contributed by atoms with Crippen molar-refractivity contribution in [2.75, 3.05) is 0 Å². The number of unbranched alkanes of at least 4 members (excludes halogenated alkanes) is 13. The molecule has 1 unspecified atom stereocenters. The van der Waals surface area contributed by atoms with Crippen molar-refractivity contribution in [3.63, 3.8) is 0 Å². The van der Waals surface area contributed by atoms with Crippen molar-refractivity contribution in [1.82, 2.24) is 0 Å². The number of rotatable bonds is 18. The summed E-state index contributed by atoms with van der Waals surface area (Å²) in [7, 11) is 0. The first-order valence-corrected chi connectivity index (χ1v) is 9.74. The van der Waals surface area contributed by atoms with Crippen LogP contribution in [0.4, 0.5) is 0 Å². The fourth-order valence-corrected chi connectivity index (χ4v) is 2.97. The Morgan fingerprint density at radius 3 is 1.41 bits per heavy atom. The van der Waals surface area contributed by atoms with E-state index in [2.05, 4.69) is 6.92 Å². The summed E-state index contributed by atoms with van der Waals surface area (Å²) in [5, 5.41) is 0. The Kier molecular flexibility index (Phi) is 17.8. The summed E-state index contributed by atoms with van der Waals surface area (Å²) >= 11 is 0. The van der Waals surface area contributed by atoms with Crippen LogP contribution in [0.1, 0.15) is 110 Å². The molecule has 0 rings (SSSR count). The summed E-state index contributed by atoms with van der Waals surface area (Å²) < 4.78 is 0. The summed E-state index contributed by atoms with van der Waals surface area (Å²) in [5.41, 5.74) is 0. The van der Waals surface area contributed by atoms with Crippen LogP contribution in [0.2, 0.25) is 0 Å². The molecule has 0 saturated heterocycles. The smallest absolute Gasteiger partial charge is 0.123 e. The molecule has 0 aromatic heterocycles. The molecule has 22 heavy (non-hydrogen) atoms. The monoisotopic (exact) mass is 310 g/mol. The number of carbonyl (C=O) groups excluding carboxylic acids is 2. The standard InChI is InChI=1S/C20H38O2/c1-2-3-4-5-6-7-8-9-10-11-12-13-14-15-16-20(19-22)17-18-21/h18-20H,2-17H2,1H3. The minimum absolute atomic E-state index is 0.0326. The number of hydrogen-bond acceptors (Lipinski definition) is 2. The Balaban J connectivity index is 3.11. The second-order valence-corrected chi connectivity index (χ2v) is 6.68. The van der Waals surface area contributed by atoms with Crippen LogP contribution in [-0.2, 0) is 9.59 Å². The predicted octanol–water partition coefficient (Wildman–Crippen LogP) is 6.26. The third kappa shape index (κ3) is 15.7. The van der Waals surface area contributed by atoms with Crippen molar-refractivity contribution in [2.45, 2.75) is 110 Å². The quantitative estimate of drug-likeness (QED) is 0.221. The summed E-state index contributed by atoms with van der Waals surface area (Å²) in [6.07, 6.45) is 22.0. The molecule has 0 aliphatic heterocycles. The van der Waals surface area contributed by atoms with Crippen molar-refractivity contribution in [3.8, 4) is 0 Å². The van der Waals surface area contributed by atoms with Crippen LogP contribution in [0, 0.1) is 5.92 Å². The molecular formula is C20H38O2. The zero-order valence-electron chi connectivity index (χ0n) is 14.9. The van der Waals surface area contributed by atoms with Crippen LogP contribution < -0.4 is 0 Å². The van der Waals surface area contributed by atoms with E-state index in [4.69, 9.17) is 0 Å². The van der Waals surface area contributed by atoms with Crippen molar-refractivity contribution in [2.24, 2.45) is 5.92 Å². The lowest BCUT2D eigenvalue weighted by molar-refractivity contribution is -0.115. The van der Waals surface area contributed by atoms with Gasteiger partial charge in [0.25, 0.3) is 0 Å². The second kappa shape index (κ2) is 18.4. The predicted molar refractivity (Wildman–Crippen MR) is 95.2 cm³/mol. The van der Waals surface area contributed by atoms with E-state index in [0.717, 1.165) is 25.4 Å². The Bertz CT molecular complexity index is 238. The molecule has 0 aromatic carbocycles. The van der Waals surface area contributed by atoms with Gasteiger partial charge in [-0.15, -0.1) is 0 Å². The molecule has 2 heteroatoms. The Morgan fingerprint density at radius 1 is 0.636 bits per heavy atom. The van der Waals surface area contributed by atoms with Gasteiger partial charge < -0.3 is 9.59 Å². The van der Waals surface area contributed by atoms with Gasteiger partial charge in [0.2, 0.25) is 0 Å². The van der Waals surface area contributed by atoms with Crippen molar-refractivity contribution in [3.05, 3.63) is 0 Å². The number of aldehydes is 2. The summed E-state index contributed by atoms with van der Waals surface area (Å²) in [5.74, 6) is -0.0326. The van der Waals surface area contributed by atoms with Crippen molar-refractivity contribution >= 4 is 12.6 Å². The van der Waals surface area contributed by atoms with Gasteiger partial charge in [0, 0.05) is 12.3 Å². The minimum atomic E-state index is -0.0326. The molecule has 0 saturated carbocycles. The third-order valence-electron chi connectivity index (χ3n) is 4.52. The van der Waals surface area contributed by atoms with E-state index >= 15 is 0 Å². The first kappa shape index (κ1) is 21.3. The Morgan fingerprint density at radius 2 is 1.05 bits per heavy atom. The summed E-state index contributed by atoms with van der Waals surface area (Å²) in [6, 6.07) is 0. The van der Waals surface area contributed by atoms with Crippen LogP contribution >= 0.6 is 0 Å². The first-order valence-electron chi connectivity index (χ1n) is 9.74. The van der Waals surface area contributed by atoms with Crippen molar-refractivity contribution < 1.29 is 9.59 Å². The lowest BCUT2D eigenvalue weighted by Crippen LogP contribution is -2.02. The molecule has 0 aliphatic rings. The molecule has 130 valence electrons. The minimum Gasteiger partial charge on any atom is -0.303 e. The largest absolute Gasteiger partial charge is 0.303 e. The molecule has 0 radical (unpaired) electrons. The molecule has 0 fully saturated rings. The SMILES string of the molecule is CCCCCCCCCCCCCCCCC(C=O)CC=O. The molecule has 0 bridgehead atoms. The van der Waals surface area contributed by atoms with Gasteiger partial charge in [0.05, 0.1) is 0 Å². The Hall–Kier alpha value is -0.660. The molecule has 0 N–H and O–H groups in total. The van der Waals surface area contributed by atoms with E-state index in [1.54, 1.807) is 0 Å². The van der Waals surface area contributed by atoms with E-state index in [1.807, 2.05) is 0 Å². The summed E-state index contributed by atoms with van der Waals surface area (Å²) in [6.45, 7) is 2.27. The highest BCUT2D eigenvalue weighted by molar-refractivity contribution is 5.61. The van der Waals surface area contributed by atoms with E-state index in [9.17, 15) is 9.59 Å². The molecule has 2 nitrogen and oxygen atoms in total. The zero-order chi connectivity index (χ0) is 16.3. The lowest BCUT2D eigenvalue weighted by atomic mass is 9.99. The topological polar surface area (TPSA) is 34.1 Å². The first-order chi connectivity index (χ1) is 10.8. The van der Waals surface area contributed by atoms with Crippen molar-refractivity contribution in [1.29, 1.82) is 0 Å². The average Bonchev–Trinajstić information content (AvgIpc) is 2.54. The molecular weight excluding hydrogens is 272 g/mol. The van der Waals surface area contributed by atoms with Crippen LogP contribution in [0.5, 0.6) is 0 Å². The third-order valence-corrected chi connectivity index (χ3v) is 4.52. The van der Waals surface area contributed by atoms with Crippen LogP contribution in [-0.4, -0.2) is 12.6 Å². The molecule has 0 aromatic rings. The molecule has 0 aliphatic carbocycles. The van der Waals surface area contributed by atoms with Crippen LogP contribution in [0.15, 0.2) is 0 Å². The van der Waals surface area contributed by atoms with E-state index in [1.165, 1.54) is 83.5 Å². The van der Waals surface area contributed by atoms with Crippen LogP contribution in [0.3, 0.4) is 0 Å². The van der Waals surface area contributed by atoms with Gasteiger partial charge in [-0.1, -0.05) is 96.8 Å². The van der Waals surface area contributed by atoms with Gasteiger partial charge in [-0.2, -0.15) is 0 Å². The zero-order valence-corrected chi connectivity index (χ0v) is 14.9. The maximum absolute atomic E-state index is 10.7. The maximum Gasteiger partial charge on any atom is 0.123 e. The van der Waals surface area contributed by atoms with Gasteiger partial charge in [-0.25, -0.2) is 0 Å². The Labute approximate surface area is 138 Å². The highest BCUT2D eigenvalue weighted by Crippen LogP contribution is 2.15. The van der Waals surface area contributed by atoms with Gasteiger partial charge in [-0.05, 0) is 6.42 Å². The maximum atomic E-state index is 10.7. The molecule has 1 atom stereocenters. The normalized spacial score (nSPS) is 12.2. The van der Waals surface area contributed by atoms with Gasteiger partial charge >= 0.3 is 0 Å². The van der Waals surface area contributed by atoms with E-state index in [0.29, 0.717) is 6.42 Å². The highest BCUT2D eigenvalue weighted by Gasteiger charge is 2.05. The second-order valence-electron chi connectivity index (χ2n) is 6.68. The molecule has 0 heterocycles. The lowest BCUT2D eigenvalue weighted by Gasteiger charge is -2.06. The van der Waals surface area contributed by atoms with Gasteiger partial charge in [-0.3, -0.25) is 0 Å². The van der Waals surface area contributed by atoms with Crippen LogP contribution in [0.25, 0.3) is 0 Å². The summed E-state index contributed by atoms with van der Waals surface area (Å²) in [4.78, 5) is 21.1. The van der Waals surface area contributed by atoms with Gasteiger partial charge in [0.1, 0.15) is 12.6 Å². The van der Waals surface area contributed by atoms with Gasteiger partial charge in [0.15, 0.2) is 0 Å². The number of hydrogen-bond donors (Lipinski definition) is 0. The fraction of sp³-hybridized carbons (Fsp3) is 0.900. The molecule has 0 spiro atoms. The van der Waals surface area contributed by atoms with E-state index in [-0.39, 0.29) is 5.92 Å². The number of carbonyl (C=O) groups is 2. The fourth-order valence-electron chi connectivity index (χ4n) is 2.97.